The molecule has 9 nitrogen and oxygen atoms in total. The van der Waals surface area contributed by atoms with E-state index in [0.29, 0.717) is 36.2 Å². The van der Waals surface area contributed by atoms with Crippen molar-refractivity contribution >= 4 is 29.0 Å². The molecule has 4 aromatic rings. The standard InChI is InChI=1S/C29H31N3O6/c1-4-36-27(33)20-32(28(34)22-11-15-23(35-3)16-12-22)19-21-9-13-24(14-10-21)37-18-17-31(2)29-30-25-7-5-6-8-26(25)38-29/h5-16H,4,17-20H2,1-3H3. The summed E-state index contributed by atoms with van der Waals surface area (Å²) < 4.78 is 21.9. The van der Waals surface area contributed by atoms with Gasteiger partial charge in [0.2, 0.25) is 0 Å². The van der Waals surface area contributed by atoms with Crippen LogP contribution < -0.4 is 14.4 Å². The lowest BCUT2D eigenvalue weighted by molar-refractivity contribution is -0.143. The van der Waals surface area contributed by atoms with E-state index in [0.717, 1.165) is 16.7 Å². The predicted molar refractivity (Wildman–Crippen MR) is 144 cm³/mol. The normalized spacial score (nSPS) is 10.7. The molecular formula is C29H31N3O6. The van der Waals surface area contributed by atoms with Gasteiger partial charge in [0.1, 0.15) is 30.2 Å². The van der Waals surface area contributed by atoms with Gasteiger partial charge in [0.05, 0.1) is 20.3 Å². The number of benzene rings is 3. The zero-order chi connectivity index (χ0) is 26.9. The Bertz CT molecular complexity index is 1320. The quantitative estimate of drug-likeness (QED) is 0.253. The number of methoxy groups -OCH3 is 1. The van der Waals surface area contributed by atoms with E-state index in [2.05, 4.69) is 4.98 Å². The van der Waals surface area contributed by atoms with Gasteiger partial charge < -0.3 is 28.4 Å². The van der Waals surface area contributed by atoms with Gasteiger partial charge >= 0.3 is 5.97 Å². The summed E-state index contributed by atoms with van der Waals surface area (Å²) in [7, 11) is 3.46. The first-order chi connectivity index (χ1) is 18.5. The van der Waals surface area contributed by atoms with Crippen LogP contribution in [0.5, 0.6) is 11.5 Å². The van der Waals surface area contributed by atoms with Crippen molar-refractivity contribution in [2.24, 2.45) is 0 Å². The lowest BCUT2D eigenvalue weighted by Gasteiger charge is -2.22. The number of carbonyl (C=O) groups excluding carboxylic acids is 2. The smallest absolute Gasteiger partial charge is 0.325 e. The van der Waals surface area contributed by atoms with Crippen molar-refractivity contribution in [2.75, 3.05) is 45.4 Å². The molecule has 0 saturated carbocycles. The highest BCUT2D eigenvalue weighted by Crippen LogP contribution is 2.21. The van der Waals surface area contributed by atoms with E-state index < -0.39 is 5.97 Å². The minimum atomic E-state index is -0.461. The van der Waals surface area contributed by atoms with Crippen LogP contribution >= 0.6 is 0 Å². The molecule has 0 unspecified atom stereocenters. The van der Waals surface area contributed by atoms with Crippen molar-refractivity contribution in [1.29, 1.82) is 0 Å². The Morgan fingerprint density at radius 1 is 0.947 bits per heavy atom. The molecule has 1 aromatic heterocycles. The van der Waals surface area contributed by atoms with Crippen LogP contribution in [0.3, 0.4) is 0 Å². The maximum atomic E-state index is 13.2. The average Bonchev–Trinajstić information content (AvgIpc) is 3.38. The summed E-state index contributed by atoms with van der Waals surface area (Å²) in [4.78, 5) is 33.2. The highest BCUT2D eigenvalue weighted by molar-refractivity contribution is 5.96. The molecule has 198 valence electrons. The van der Waals surface area contributed by atoms with Crippen molar-refractivity contribution in [3.8, 4) is 11.5 Å². The number of nitrogens with zero attached hydrogens (tertiary/aromatic N) is 3. The van der Waals surface area contributed by atoms with Gasteiger partial charge in [-0.3, -0.25) is 9.59 Å². The molecule has 3 aromatic carbocycles. The Morgan fingerprint density at radius 2 is 1.66 bits per heavy atom. The molecule has 0 aliphatic heterocycles. The van der Waals surface area contributed by atoms with Crippen molar-refractivity contribution in [1.82, 2.24) is 9.88 Å². The molecule has 4 rings (SSSR count). The van der Waals surface area contributed by atoms with Crippen LogP contribution in [-0.4, -0.2) is 62.2 Å². The Balaban J connectivity index is 1.35. The number of amides is 1. The van der Waals surface area contributed by atoms with E-state index in [1.807, 2.05) is 60.5 Å². The first kappa shape index (κ1) is 26.5. The number of anilines is 1. The number of hydrogen-bond acceptors (Lipinski definition) is 8. The van der Waals surface area contributed by atoms with Crippen molar-refractivity contribution < 1.29 is 28.2 Å². The maximum Gasteiger partial charge on any atom is 0.325 e. The summed E-state index contributed by atoms with van der Waals surface area (Å²) in [6.07, 6.45) is 0. The molecule has 0 bridgehead atoms. The number of likely N-dealkylation sites (N-methyl/N-ethyl adjacent to an activating group) is 1. The van der Waals surface area contributed by atoms with Crippen LogP contribution in [0.25, 0.3) is 11.1 Å². The topological polar surface area (TPSA) is 94.3 Å². The van der Waals surface area contributed by atoms with Crippen LogP contribution in [0.2, 0.25) is 0 Å². The molecule has 0 atom stereocenters. The van der Waals surface area contributed by atoms with E-state index in [1.165, 1.54) is 4.90 Å². The fourth-order valence-corrected chi connectivity index (χ4v) is 3.81. The van der Waals surface area contributed by atoms with Gasteiger partial charge in [0.25, 0.3) is 11.9 Å². The number of aromatic nitrogens is 1. The molecule has 0 aliphatic carbocycles. The molecule has 0 radical (unpaired) electrons. The van der Waals surface area contributed by atoms with Crippen LogP contribution in [-0.2, 0) is 16.1 Å². The summed E-state index contributed by atoms with van der Waals surface area (Å²) in [5, 5.41) is 0. The zero-order valence-corrected chi connectivity index (χ0v) is 21.8. The van der Waals surface area contributed by atoms with Crippen molar-refractivity contribution in [3.05, 3.63) is 83.9 Å². The van der Waals surface area contributed by atoms with E-state index in [-0.39, 0.29) is 25.6 Å². The highest BCUT2D eigenvalue weighted by Gasteiger charge is 2.20. The summed E-state index contributed by atoms with van der Waals surface area (Å²) >= 11 is 0. The number of para-hydroxylation sites is 2. The molecule has 0 N–H and O–H groups in total. The van der Waals surface area contributed by atoms with E-state index in [1.54, 1.807) is 38.3 Å². The summed E-state index contributed by atoms with van der Waals surface area (Å²) in [5.74, 6) is 0.605. The van der Waals surface area contributed by atoms with Gasteiger partial charge in [-0.2, -0.15) is 4.98 Å². The SMILES string of the molecule is CCOC(=O)CN(Cc1ccc(OCCN(C)c2nc3ccccc3o2)cc1)C(=O)c1ccc(OC)cc1. The number of rotatable bonds is 12. The first-order valence-corrected chi connectivity index (χ1v) is 12.3. The maximum absolute atomic E-state index is 13.2. The first-order valence-electron chi connectivity index (χ1n) is 12.3. The molecule has 0 saturated heterocycles. The molecule has 1 heterocycles. The Labute approximate surface area is 221 Å². The predicted octanol–water partition coefficient (Wildman–Crippen LogP) is 4.56. The molecule has 1 amide bonds. The fourth-order valence-electron chi connectivity index (χ4n) is 3.81. The average molecular weight is 518 g/mol. The number of hydrogen-bond donors (Lipinski definition) is 0. The van der Waals surface area contributed by atoms with E-state index in [4.69, 9.17) is 18.6 Å². The highest BCUT2D eigenvalue weighted by atomic mass is 16.5. The molecule has 0 spiro atoms. The van der Waals surface area contributed by atoms with Gasteiger partial charge in [0, 0.05) is 19.2 Å². The van der Waals surface area contributed by atoms with Gasteiger partial charge in [0.15, 0.2) is 5.58 Å². The van der Waals surface area contributed by atoms with Gasteiger partial charge in [-0.25, -0.2) is 0 Å². The van der Waals surface area contributed by atoms with Crippen LogP contribution in [0.1, 0.15) is 22.8 Å². The third kappa shape index (κ3) is 6.82. The van der Waals surface area contributed by atoms with E-state index in [9.17, 15) is 9.59 Å². The second kappa shape index (κ2) is 12.6. The summed E-state index contributed by atoms with van der Waals surface area (Å²) in [6.45, 7) is 3.08. The molecular weight excluding hydrogens is 486 g/mol. The monoisotopic (exact) mass is 517 g/mol. The minimum Gasteiger partial charge on any atom is -0.497 e. The van der Waals surface area contributed by atoms with Crippen molar-refractivity contribution in [3.63, 3.8) is 0 Å². The molecule has 0 fully saturated rings. The minimum absolute atomic E-state index is 0.154. The molecule has 9 heteroatoms. The van der Waals surface area contributed by atoms with Crippen LogP contribution in [0, 0.1) is 0 Å². The fraction of sp³-hybridized carbons (Fsp3) is 0.276. The zero-order valence-electron chi connectivity index (χ0n) is 21.8. The lowest BCUT2D eigenvalue weighted by Crippen LogP contribution is -2.36. The van der Waals surface area contributed by atoms with E-state index >= 15 is 0 Å². The van der Waals surface area contributed by atoms with Gasteiger partial charge in [-0.15, -0.1) is 0 Å². The largest absolute Gasteiger partial charge is 0.497 e. The molecule has 38 heavy (non-hydrogen) atoms. The number of oxazole rings is 1. The third-order valence-electron chi connectivity index (χ3n) is 5.85. The Hall–Kier alpha value is -4.53. The van der Waals surface area contributed by atoms with Crippen LogP contribution in [0.15, 0.2) is 77.2 Å². The van der Waals surface area contributed by atoms with Crippen molar-refractivity contribution in [2.45, 2.75) is 13.5 Å². The Kier molecular flexibility index (Phi) is 8.81. The third-order valence-corrected chi connectivity index (χ3v) is 5.85. The lowest BCUT2D eigenvalue weighted by atomic mass is 10.1. The number of carbonyl (C=O) groups is 2. The second-order valence-corrected chi connectivity index (χ2v) is 8.57. The Morgan fingerprint density at radius 3 is 2.34 bits per heavy atom. The number of esters is 1. The summed E-state index contributed by atoms with van der Waals surface area (Å²) in [5.41, 5.74) is 2.87. The summed E-state index contributed by atoms with van der Waals surface area (Å²) in [6, 6.07) is 22.4. The van der Waals surface area contributed by atoms with Gasteiger partial charge in [-0.1, -0.05) is 24.3 Å². The number of fused-ring (bicyclic) bond motifs is 1. The number of ether oxygens (including phenoxy) is 3. The second-order valence-electron chi connectivity index (χ2n) is 8.57. The van der Waals surface area contributed by atoms with Gasteiger partial charge in [-0.05, 0) is 61.0 Å². The van der Waals surface area contributed by atoms with Crippen LogP contribution in [0.4, 0.5) is 6.01 Å². The molecule has 0 aliphatic rings.